The molecule has 6 heteroatoms. The number of hydrogen-bond donors (Lipinski definition) is 0. The molecule has 0 bridgehead atoms. The third kappa shape index (κ3) is 4.31. The Morgan fingerprint density at radius 1 is 1.10 bits per heavy atom. The zero-order chi connectivity index (χ0) is 21.1. The van der Waals surface area contributed by atoms with E-state index in [4.69, 9.17) is 20.8 Å². The molecule has 0 aliphatic rings. The summed E-state index contributed by atoms with van der Waals surface area (Å²) in [6, 6.07) is 19.0. The number of rotatable bonds is 6. The van der Waals surface area contributed by atoms with Gasteiger partial charge in [-0.15, -0.1) is 0 Å². The number of ether oxygens (including phenoxy) is 1. The van der Waals surface area contributed by atoms with Crippen LogP contribution in [0.1, 0.15) is 27.2 Å². The third-order valence-corrected chi connectivity index (χ3v) is 5.24. The zero-order valence-corrected chi connectivity index (χ0v) is 17.5. The molecule has 5 nitrogen and oxygen atoms in total. The van der Waals surface area contributed by atoms with E-state index in [1.54, 1.807) is 24.1 Å². The van der Waals surface area contributed by atoms with E-state index in [2.05, 4.69) is 11.1 Å². The van der Waals surface area contributed by atoms with Gasteiger partial charge in [0.15, 0.2) is 5.76 Å². The Kier molecular flexibility index (Phi) is 5.72. The van der Waals surface area contributed by atoms with Gasteiger partial charge in [0.05, 0.1) is 18.9 Å². The van der Waals surface area contributed by atoms with Crippen molar-refractivity contribution in [1.82, 2.24) is 9.88 Å². The maximum atomic E-state index is 13.1. The van der Waals surface area contributed by atoms with Gasteiger partial charge in [-0.3, -0.25) is 4.79 Å². The minimum Gasteiger partial charge on any atom is -0.497 e. The van der Waals surface area contributed by atoms with Crippen LogP contribution in [0.2, 0.25) is 5.15 Å². The van der Waals surface area contributed by atoms with E-state index in [9.17, 15) is 4.79 Å². The maximum Gasteiger partial charge on any atom is 0.290 e. The predicted octanol–water partition coefficient (Wildman–Crippen LogP) is 5.64. The van der Waals surface area contributed by atoms with Crippen LogP contribution in [-0.4, -0.2) is 22.9 Å². The molecule has 1 amide bonds. The standard InChI is InChI=1S/C24H21ClN2O3/c1-16-5-10-21-18(12-16)13-19(23(25)26-21)15-27(24(28)22-4-3-11-30-22)14-17-6-8-20(29-2)9-7-17/h3-13H,14-15H2,1-2H3. The van der Waals surface area contributed by atoms with Crippen LogP contribution in [0.25, 0.3) is 10.9 Å². The fraction of sp³-hybridized carbons (Fsp3) is 0.167. The van der Waals surface area contributed by atoms with Gasteiger partial charge in [-0.05, 0) is 55.0 Å². The van der Waals surface area contributed by atoms with Crippen molar-refractivity contribution in [2.75, 3.05) is 7.11 Å². The lowest BCUT2D eigenvalue weighted by Gasteiger charge is -2.23. The molecule has 0 aliphatic carbocycles. The molecule has 0 unspecified atom stereocenters. The fourth-order valence-corrected chi connectivity index (χ4v) is 3.54. The highest BCUT2D eigenvalue weighted by molar-refractivity contribution is 6.30. The molecule has 0 fully saturated rings. The molecule has 152 valence electrons. The summed E-state index contributed by atoms with van der Waals surface area (Å²) in [5.41, 5.74) is 3.72. The lowest BCUT2D eigenvalue weighted by atomic mass is 10.1. The van der Waals surface area contributed by atoms with E-state index in [-0.39, 0.29) is 11.7 Å². The predicted molar refractivity (Wildman–Crippen MR) is 117 cm³/mol. The van der Waals surface area contributed by atoms with Crippen molar-refractivity contribution in [2.24, 2.45) is 0 Å². The van der Waals surface area contributed by atoms with Crippen molar-refractivity contribution >= 4 is 28.4 Å². The topological polar surface area (TPSA) is 55.6 Å². The number of aromatic nitrogens is 1. The Labute approximate surface area is 179 Å². The Balaban J connectivity index is 1.67. The highest BCUT2D eigenvalue weighted by Crippen LogP contribution is 2.25. The molecule has 2 aromatic carbocycles. The summed E-state index contributed by atoms with van der Waals surface area (Å²) < 4.78 is 10.6. The second kappa shape index (κ2) is 8.59. The third-order valence-electron chi connectivity index (χ3n) is 4.91. The van der Waals surface area contributed by atoms with Crippen molar-refractivity contribution in [3.63, 3.8) is 0 Å². The maximum absolute atomic E-state index is 13.1. The highest BCUT2D eigenvalue weighted by atomic mass is 35.5. The van der Waals surface area contributed by atoms with E-state index in [0.717, 1.165) is 33.3 Å². The quantitative estimate of drug-likeness (QED) is 0.379. The molecule has 4 aromatic rings. The Morgan fingerprint density at radius 3 is 2.60 bits per heavy atom. The van der Waals surface area contributed by atoms with Crippen molar-refractivity contribution in [1.29, 1.82) is 0 Å². The molecule has 0 saturated carbocycles. The molecule has 0 spiro atoms. The summed E-state index contributed by atoms with van der Waals surface area (Å²) in [5.74, 6) is 0.834. The number of carbonyl (C=O) groups is 1. The number of carbonyl (C=O) groups excluding carboxylic acids is 1. The first kappa shape index (κ1) is 20.0. The number of fused-ring (bicyclic) bond motifs is 1. The SMILES string of the molecule is COc1ccc(CN(Cc2cc3cc(C)ccc3nc2Cl)C(=O)c2ccco2)cc1. The van der Waals surface area contributed by atoms with Gasteiger partial charge in [0.2, 0.25) is 0 Å². The van der Waals surface area contributed by atoms with Gasteiger partial charge in [-0.25, -0.2) is 4.98 Å². The average Bonchev–Trinajstić information content (AvgIpc) is 3.29. The highest BCUT2D eigenvalue weighted by Gasteiger charge is 2.21. The summed E-state index contributed by atoms with van der Waals surface area (Å²) in [6.45, 7) is 2.73. The van der Waals surface area contributed by atoms with Crippen LogP contribution < -0.4 is 4.74 Å². The minimum atomic E-state index is -0.212. The summed E-state index contributed by atoms with van der Waals surface area (Å²) in [7, 11) is 1.62. The molecule has 0 aliphatic heterocycles. The first-order valence-electron chi connectivity index (χ1n) is 9.55. The van der Waals surface area contributed by atoms with Crippen LogP contribution in [0.3, 0.4) is 0 Å². The number of hydrogen-bond acceptors (Lipinski definition) is 4. The van der Waals surface area contributed by atoms with Crippen LogP contribution in [0.5, 0.6) is 5.75 Å². The first-order chi connectivity index (χ1) is 14.5. The molecule has 0 atom stereocenters. The summed E-state index contributed by atoms with van der Waals surface area (Å²) >= 11 is 6.47. The molecular weight excluding hydrogens is 400 g/mol. The number of halogens is 1. The summed E-state index contributed by atoms with van der Waals surface area (Å²) in [5, 5.41) is 1.38. The summed E-state index contributed by atoms with van der Waals surface area (Å²) in [4.78, 5) is 19.3. The van der Waals surface area contributed by atoms with Crippen LogP contribution in [0, 0.1) is 6.92 Å². The van der Waals surface area contributed by atoms with Crippen molar-refractivity contribution in [3.05, 3.63) is 94.5 Å². The fourth-order valence-electron chi connectivity index (χ4n) is 3.34. The number of amides is 1. The number of furan rings is 1. The van der Waals surface area contributed by atoms with Crippen LogP contribution in [-0.2, 0) is 13.1 Å². The zero-order valence-electron chi connectivity index (χ0n) is 16.8. The molecule has 2 heterocycles. The van der Waals surface area contributed by atoms with E-state index >= 15 is 0 Å². The Morgan fingerprint density at radius 2 is 1.90 bits per heavy atom. The Hall–Kier alpha value is -3.31. The molecular formula is C24H21ClN2O3. The molecule has 2 aromatic heterocycles. The van der Waals surface area contributed by atoms with Gasteiger partial charge in [0.1, 0.15) is 10.9 Å². The molecule has 0 saturated heterocycles. The lowest BCUT2D eigenvalue weighted by molar-refractivity contribution is 0.0697. The van der Waals surface area contributed by atoms with Crippen LogP contribution >= 0.6 is 11.6 Å². The number of benzene rings is 2. The average molecular weight is 421 g/mol. The van der Waals surface area contributed by atoms with E-state index < -0.39 is 0 Å². The van der Waals surface area contributed by atoms with Crippen molar-refractivity contribution < 1.29 is 13.9 Å². The molecule has 0 N–H and O–H groups in total. The second-order valence-electron chi connectivity index (χ2n) is 7.12. The van der Waals surface area contributed by atoms with Gasteiger partial charge >= 0.3 is 0 Å². The van der Waals surface area contributed by atoms with E-state index in [1.807, 2.05) is 49.4 Å². The minimum absolute atomic E-state index is 0.212. The summed E-state index contributed by atoms with van der Waals surface area (Å²) in [6.07, 6.45) is 1.49. The molecule has 0 radical (unpaired) electrons. The Bertz CT molecular complexity index is 1170. The van der Waals surface area contributed by atoms with Gasteiger partial charge in [0, 0.05) is 24.0 Å². The largest absolute Gasteiger partial charge is 0.497 e. The smallest absolute Gasteiger partial charge is 0.290 e. The van der Waals surface area contributed by atoms with Crippen LogP contribution in [0.4, 0.5) is 0 Å². The van der Waals surface area contributed by atoms with E-state index in [1.165, 1.54) is 6.26 Å². The molecule has 4 rings (SSSR count). The van der Waals surface area contributed by atoms with Gasteiger partial charge in [-0.1, -0.05) is 35.4 Å². The van der Waals surface area contributed by atoms with Gasteiger partial charge < -0.3 is 14.1 Å². The molecule has 30 heavy (non-hydrogen) atoms. The normalized spacial score (nSPS) is 10.9. The second-order valence-corrected chi connectivity index (χ2v) is 7.48. The number of aryl methyl sites for hydroxylation is 1. The monoisotopic (exact) mass is 420 g/mol. The van der Waals surface area contributed by atoms with Crippen LogP contribution in [0.15, 0.2) is 71.3 Å². The van der Waals surface area contributed by atoms with Crippen molar-refractivity contribution in [2.45, 2.75) is 20.0 Å². The van der Waals surface area contributed by atoms with Gasteiger partial charge in [0.25, 0.3) is 5.91 Å². The van der Waals surface area contributed by atoms with E-state index in [0.29, 0.717) is 18.2 Å². The number of methoxy groups -OCH3 is 1. The number of pyridine rings is 1. The number of nitrogens with zero attached hydrogens (tertiary/aromatic N) is 2. The van der Waals surface area contributed by atoms with Gasteiger partial charge in [-0.2, -0.15) is 0 Å². The lowest BCUT2D eigenvalue weighted by Crippen LogP contribution is -2.30. The van der Waals surface area contributed by atoms with Crippen molar-refractivity contribution in [3.8, 4) is 5.75 Å². The first-order valence-corrected chi connectivity index (χ1v) is 9.93.